The summed E-state index contributed by atoms with van der Waals surface area (Å²) < 4.78 is 67.2. The van der Waals surface area contributed by atoms with Crippen molar-refractivity contribution < 1.29 is 26.7 Å². The minimum Gasteiger partial charge on any atom is -0.289 e. The van der Waals surface area contributed by atoms with E-state index in [1.165, 1.54) is 17.1 Å². The third-order valence-electron chi connectivity index (χ3n) is 2.89. The summed E-state index contributed by atoms with van der Waals surface area (Å²) in [6.45, 7) is 2.29. The van der Waals surface area contributed by atoms with E-state index in [9.17, 15) is 26.7 Å². The highest BCUT2D eigenvalue weighted by Gasteiger charge is 2.24. The normalized spacial score (nSPS) is 11.4. The van der Waals surface area contributed by atoms with E-state index in [2.05, 4.69) is 5.10 Å². The van der Waals surface area contributed by atoms with E-state index >= 15 is 0 Å². The zero-order chi connectivity index (χ0) is 16.4. The number of carbonyl (C=O) groups excluding carboxylic acids is 1. The summed E-state index contributed by atoms with van der Waals surface area (Å²) in [6.07, 6.45) is 3.89. The maximum atomic E-state index is 13.4. The quantitative estimate of drug-likeness (QED) is 0.284. The first kappa shape index (κ1) is 15.9. The Morgan fingerprint density at radius 3 is 2.14 bits per heavy atom. The molecule has 0 aliphatic heterocycles. The molecule has 0 aliphatic carbocycles. The first-order chi connectivity index (χ1) is 10.4. The van der Waals surface area contributed by atoms with E-state index in [-0.39, 0.29) is 5.56 Å². The Kier molecular flexibility index (Phi) is 4.39. The molecule has 0 atom stereocenters. The average molecular weight is 316 g/mol. The van der Waals surface area contributed by atoms with Crippen molar-refractivity contribution in [3.8, 4) is 0 Å². The van der Waals surface area contributed by atoms with Crippen LogP contribution in [-0.2, 0) is 6.54 Å². The van der Waals surface area contributed by atoms with Gasteiger partial charge in [0.05, 0.1) is 17.3 Å². The minimum absolute atomic E-state index is 0.127. The first-order valence-electron chi connectivity index (χ1n) is 6.13. The van der Waals surface area contributed by atoms with Crippen molar-refractivity contribution in [2.24, 2.45) is 0 Å². The molecule has 2 aromatic rings. The smallest absolute Gasteiger partial charge is 0.200 e. The third-order valence-corrected chi connectivity index (χ3v) is 2.89. The van der Waals surface area contributed by atoms with E-state index < -0.39 is 40.4 Å². The molecule has 0 saturated heterocycles. The SMILES string of the molecule is CCn1cc(C(=O)/C=C/c2c(F)c(F)c(F)c(F)c2F)cn1. The first-order valence-corrected chi connectivity index (χ1v) is 6.13. The Hall–Kier alpha value is -2.51. The maximum Gasteiger partial charge on any atom is 0.200 e. The van der Waals surface area contributed by atoms with Crippen molar-refractivity contribution in [2.75, 3.05) is 0 Å². The Morgan fingerprint density at radius 2 is 1.64 bits per heavy atom. The van der Waals surface area contributed by atoms with Crippen LogP contribution in [0, 0.1) is 29.1 Å². The van der Waals surface area contributed by atoms with Crippen molar-refractivity contribution in [2.45, 2.75) is 13.5 Å². The highest BCUT2D eigenvalue weighted by molar-refractivity contribution is 6.06. The average Bonchev–Trinajstić information content (AvgIpc) is 3.00. The van der Waals surface area contributed by atoms with E-state index in [4.69, 9.17) is 0 Å². The lowest BCUT2D eigenvalue weighted by Gasteiger charge is -2.03. The summed E-state index contributed by atoms with van der Waals surface area (Å²) in [5, 5.41) is 3.83. The number of benzene rings is 1. The predicted octanol–water partition coefficient (Wildman–Crippen LogP) is 3.49. The third kappa shape index (κ3) is 2.76. The molecule has 22 heavy (non-hydrogen) atoms. The second-order valence-corrected chi connectivity index (χ2v) is 4.27. The maximum absolute atomic E-state index is 13.4. The van der Waals surface area contributed by atoms with Crippen LogP contribution in [0.2, 0.25) is 0 Å². The van der Waals surface area contributed by atoms with Crippen molar-refractivity contribution >= 4 is 11.9 Å². The van der Waals surface area contributed by atoms with Crippen LogP contribution < -0.4 is 0 Å². The number of hydrogen-bond acceptors (Lipinski definition) is 2. The molecule has 0 amide bonds. The number of aromatic nitrogens is 2. The van der Waals surface area contributed by atoms with Crippen LogP contribution >= 0.6 is 0 Å². The Balaban J connectivity index is 2.36. The van der Waals surface area contributed by atoms with E-state index in [0.717, 1.165) is 6.08 Å². The fourth-order valence-corrected chi connectivity index (χ4v) is 1.69. The number of nitrogens with zero attached hydrogens (tertiary/aromatic N) is 2. The van der Waals surface area contributed by atoms with Crippen LogP contribution in [0.3, 0.4) is 0 Å². The number of halogens is 5. The number of carbonyl (C=O) groups is 1. The van der Waals surface area contributed by atoms with Crippen molar-refractivity contribution in [3.05, 3.63) is 58.7 Å². The topological polar surface area (TPSA) is 34.9 Å². The van der Waals surface area contributed by atoms with Crippen LogP contribution in [0.4, 0.5) is 22.0 Å². The van der Waals surface area contributed by atoms with Gasteiger partial charge in [-0.05, 0) is 19.1 Å². The van der Waals surface area contributed by atoms with Gasteiger partial charge >= 0.3 is 0 Å². The number of allylic oxidation sites excluding steroid dienone is 1. The molecule has 1 aromatic heterocycles. The van der Waals surface area contributed by atoms with E-state index in [0.29, 0.717) is 12.6 Å². The fraction of sp³-hybridized carbons (Fsp3) is 0.143. The second kappa shape index (κ2) is 6.08. The number of ketones is 1. The molecule has 0 spiro atoms. The monoisotopic (exact) mass is 316 g/mol. The lowest BCUT2D eigenvalue weighted by Crippen LogP contribution is -2.04. The number of aryl methyl sites for hydroxylation is 1. The van der Waals surface area contributed by atoms with Crippen LogP contribution in [0.1, 0.15) is 22.8 Å². The van der Waals surface area contributed by atoms with Gasteiger partial charge in [0.15, 0.2) is 29.1 Å². The van der Waals surface area contributed by atoms with E-state index in [1.807, 2.05) is 0 Å². The zero-order valence-corrected chi connectivity index (χ0v) is 11.2. The van der Waals surface area contributed by atoms with Crippen LogP contribution in [0.25, 0.3) is 6.08 Å². The molecule has 0 radical (unpaired) electrons. The fourth-order valence-electron chi connectivity index (χ4n) is 1.69. The molecular formula is C14H9F5N2O. The molecule has 0 N–H and O–H groups in total. The zero-order valence-electron chi connectivity index (χ0n) is 11.2. The highest BCUT2D eigenvalue weighted by atomic mass is 19.2. The Morgan fingerprint density at radius 1 is 1.09 bits per heavy atom. The lowest BCUT2D eigenvalue weighted by atomic mass is 10.1. The lowest BCUT2D eigenvalue weighted by molar-refractivity contribution is 0.104. The molecule has 0 unspecified atom stereocenters. The number of hydrogen-bond donors (Lipinski definition) is 0. The van der Waals surface area contributed by atoms with Crippen LogP contribution in [0.5, 0.6) is 0 Å². The molecular weight excluding hydrogens is 307 g/mol. The summed E-state index contributed by atoms with van der Waals surface area (Å²) in [4.78, 5) is 11.8. The van der Waals surface area contributed by atoms with Gasteiger partial charge in [-0.25, -0.2) is 22.0 Å². The van der Waals surface area contributed by atoms with Gasteiger partial charge in [0.25, 0.3) is 0 Å². The van der Waals surface area contributed by atoms with Crippen molar-refractivity contribution in [1.29, 1.82) is 0 Å². The van der Waals surface area contributed by atoms with Gasteiger partial charge in [-0.3, -0.25) is 9.48 Å². The molecule has 0 fully saturated rings. The Bertz CT molecular complexity index is 738. The molecule has 3 nitrogen and oxygen atoms in total. The van der Waals surface area contributed by atoms with Gasteiger partial charge in [0.2, 0.25) is 5.82 Å². The molecule has 0 saturated carbocycles. The molecule has 0 bridgehead atoms. The summed E-state index contributed by atoms with van der Waals surface area (Å²) in [6, 6.07) is 0. The Labute approximate surface area is 121 Å². The van der Waals surface area contributed by atoms with Gasteiger partial charge in [0.1, 0.15) is 0 Å². The molecule has 2 rings (SSSR count). The predicted molar refractivity (Wildman–Crippen MR) is 67.5 cm³/mol. The number of rotatable bonds is 4. The largest absolute Gasteiger partial charge is 0.289 e. The highest BCUT2D eigenvalue weighted by Crippen LogP contribution is 2.24. The van der Waals surface area contributed by atoms with Gasteiger partial charge < -0.3 is 0 Å². The minimum atomic E-state index is -2.25. The van der Waals surface area contributed by atoms with Gasteiger partial charge in [-0.15, -0.1) is 0 Å². The summed E-state index contributed by atoms with van der Waals surface area (Å²) in [7, 11) is 0. The van der Waals surface area contributed by atoms with Gasteiger partial charge in [-0.2, -0.15) is 5.10 Å². The van der Waals surface area contributed by atoms with Gasteiger partial charge in [-0.1, -0.05) is 0 Å². The van der Waals surface area contributed by atoms with Crippen LogP contribution in [0.15, 0.2) is 18.5 Å². The molecule has 1 aromatic carbocycles. The second-order valence-electron chi connectivity index (χ2n) is 4.27. The standard InChI is InChI=1S/C14H9F5N2O/c1-2-21-6-7(5-20-21)9(22)4-3-8-10(15)12(17)14(19)13(18)11(8)16/h3-6H,2H2,1H3/b4-3+. The van der Waals surface area contributed by atoms with Crippen molar-refractivity contribution in [1.82, 2.24) is 9.78 Å². The molecule has 0 aliphatic rings. The van der Waals surface area contributed by atoms with E-state index in [1.54, 1.807) is 6.92 Å². The van der Waals surface area contributed by atoms with Crippen LogP contribution in [-0.4, -0.2) is 15.6 Å². The van der Waals surface area contributed by atoms with Crippen molar-refractivity contribution in [3.63, 3.8) is 0 Å². The molecule has 1 heterocycles. The molecule has 116 valence electrons. The summed E-state index contributed by atoms with van der Waals surface area (Å²) >= 11 is 0. The molecule has 8 heteroatoms. The summed E-state index contributed by atoms with van der Waals surface area (Å²) in [5.74, 6) is -11.0. The summed E-state index contributed by atoms with van der Waals surface area (Å²) in [5.41, 5.74) is -1.05. The van der Waals surface area contributed by atoms with Gasteiger partial charge in [0, 0.05) is 12.7 Å².